The van der Waals surface area contributed by atoms with Crippen molar-refractivity contribution in [1.29, 1.82) is 0 Å². The van der Waals surface area contributed by atoms with Crippen LogP contribution in [0.15, 0.2) is 53.5 Å². The number of nitrogens with zero attached hydrogens (tertiary/aromatic N) is 2. The molecule has 1 N–H and O–H groups in total. The number of guanidine groups is 1. The molecule has 1 aliphatic rings. The van der Waals surface area contributed by atoms with Crippen LogP contribution in [0, 0.1) is 17.6 Å². The molecule has 29 heavy (non-hydrogen) atoms. The summed E-state index contributed by atoms with van der Waals surface area (Å²) in [4.78, 5) is 6.52. The molecular weight excluding hydrogens is 487 g/mol. The molecule has 7 heteroatoms. The lowest BCUT2D eigenvalue weighted by atomic mass is 10.1. The lowest BCUT2D eigenvalue weighted by Gasteiger charge is -2.22. The number of halogens is 3. The van der Waals surface area contributed by atoms with Crippen LogP contribution in [-0.2, 0) is 17.8 Å². The van der Waals surface area contributed by atoms with Gasteiger partial charge in [-0.3, -0.25) is 4.99 Å². The summed E-state index contributed by atoms with van der Waals surface area (Å²) in [6, 6.07) is 14.4. The third-order valence-corrected chi connectivity index (χ3v) is 4.97. The highest BCUT2D eigenvalue weighted by Crippen LogP contribution is 2.17. The first-order chi connectivity index (χ1) is 13.7. The summed E-state index contributed by atoms with van der Waals surface area (Å²) in [5.41, 5.74) is 1.55. The SMILES string of the molecule is CN=C(NCCc1cccc(F)c1F)N1CCC(COCc2ccccc2)C1.I. The normalized spacial score (nSPS) is 16.6. The molecule has 4 nitrogen and oxygen atoms in total. The predicted molar refractivity (Wildman–Crippen MR) is 123 cm³/mol. The van der Waals surface area contributed by atoms with Gasteiger partial charge in [0.05, 0.1) is 13.2 Å². The Balaban J connectivity index is 0.00000300. The van der Waals surface area contributed by atoms with Gasteiger partial charge in [0.25, 0.3) is 0 Å². The Morgan fingerprint density at radius 1 is 1.17 bits per heavy atom. The number of rotatable bonds is 7. The zero-order valence-corrected chi connectivity index (χ0v) is 18.9. The van der Waals surface area contributed by atoms with Crippen molar-refractivity contribution in [3.63, 3.8) is 0 Å². The van der Waals surface area contributed by atoms with Crippen LogP contribution >= 0.6 is 24.0 Å². The molecule has 1 unspecified atom stereocenters. The van der Waals surface area contributed by atoms with Gasteiger partial charge in [0.2, 0.25) is 0 Å². The number of benzene rings is 2. The van der Waals surface area contributed by atoms with Gasteiger partial charge in [-0.15, -0.1) is 24.0 Å². The number of nitrogens with one attached hydrogen (secondary N) is 1. The van der Waals surface area contributed by atoms with E-state index in [9.17, 15) is 8.78 Å². The molecule has 0 aromatic heterocycles. The van der Waals surface area contributed by atoms with Gasteiger partial charge in [0.1, 0.15) is 0 Å². The number of ether oxygens (including phenoxy) is 1. The van der Waals surface area contributed by atoms with Gasteiger partial charge in [-0.25, -0.2) is 8.78 Å². The van der Waals surface area contributed by atoms with Crippen molar-refractivity contribution < 1.29 is 13.5 Å². The van der Waals surface area contributed by atoms with E-state index in [1.54, 1.807) is 13.1 Å². The third kappa shape index (κ3) is 6.92. The summed E-state index contributed by atoms with van der Waals surface area (Å²) in [5.74, 6) is -0.318. The molecule has 3 rings (SSSR count). The van der Waals surface area contributed by atoms with Crippen LogP contribution in [0.25, 0.3) is 0 Å². The summed E-state index contributed by atoms with van der Waals surface area (Å²) >= 11 is 0. The maximum Gasteiger partial charge on any atom is 0.193 e. The Labute approximate surface area is 188 Å². The Kier molecular flexibility index (Phi) is 9.80. The average Bonchev–Trinajstić information content (AvgIpc) is 3.18. The first-order valence-electron chi connectivity index (χ1n) is 9.67. The topological polar surface area (TPSA) is 36.9 Å². The van der Waals surface area contributed by atoms with Crippen LogP contribution < -0.4 is 5.32 Å². The molecule has 2 aromatic carbocycles. The molecule has 1 heterocycles. The molecule has 0 saturated carbocycles. The molecule has 1 atom stereocenters. The molecule has 2 aromatic rings. The van der Waals surface area contributed by atoms with Crippen LogP contribution in [0.1, 0.15) is 17.5 Å². The highest BCUT2D eigenvalue weighted by molar-refractivity contribution is 14.0. The molecule has 0 aliphatic carbocycles. The number of aliphatic imine (C=N–C) groups is 1. The second-order valence-corrected chi connectivity index (χ2v) is 7.04. The number of hydrogen-bond acceptors (Lipinski definition) is 2. The molecule has 0 spiro atoms. The van der Waals surface area contributed by atoms with E-state index in [-0.39, 0.29) is 24.0 Å². The third-order valence-electron chi connectivity index (χ3n) is 4.97. The standard InChI is InChI=1S/C22H27F2N3O.HI/c1-25-22(26-12-10-19-8-5-9-20(23)21(19)24)27-13-11-18(14-27)16-28-15-17-6-3-2-4-7-17;/h2-9,18H,10-16H2,1H3,(H,25,26);1H. The predicted octanol–water partition coefficient (Wildman–Crippen LogP) is 4.24. The highest BCUT2D eigenvalue weighted by Gasteiger charge is 2.25. The molecule has 1 saturated heterocycles. The van der Waals surface area contributed by atoms with E-state index in [1.165, 1.54) is 11.6 Å². The van der Waals surface area contributed by atoms with Gasteiger partial charge in [-0.05, 0) is 30.0 Å². The molecule has 1 fully saturated rings. The van der Waals surface area contributed by atoms with E-state index in [4.69, 9.17) is 4.74 Å². The van der Waals surface area contributed by atoms with E-state index in [0.717, 1.165) is 38.1 Å². The minimum Gasteiger partial charge on any atom is -0.376 e. The Hall–Kier alpha value is -1.74. The monoisotopic (exact) mass is 515 g/mol. The molecule has 158 valence electrons. The minimum atomic E-state index is -0.806. The molecular formula is C22H28F2IN3O. The first kappa shape index (κ1) is 23.5. The first-order valence-corrected chi connectivity index (χ1v) is 9.67. The van der Waals surface area contributed by atoms with E-state index >= 15 is 0 Å². The lowest BCUT2D eigenvalue weighted by Crippen LogP contribution is -2.41. The summed E-state index contributed by atoms with van der Waals surface area (Å²) in [5, 5.41) is 3.26. The summed E-state index contributed by atoms with van der Waals surface area (Å²) in [6.07, 6.45) is 1.45. The lowest BCUT2D eigenvalue weighted by molar-refractivity contribution is 0.0907. The molecule has 0 amide bonds. The van der Waals surface area contributed by atoms with Crippen LogP contribution in [-0.4, -0.2) is 44.1 Å². The zero-order valence-electron chi connectivity index (χ0n) is 16.6. The van der Waals surface area contributed by atoms with Gasteiger partial charge in [-0.2, -0.15) is 0 Å². The maximum atomic E-state index is 13.7. The fraction of sp³-hybridized carbons (Fsp3) is 0.409. The summed E-state index contributed by atoms with van der Waals surface area (Å²) in [6.45, 7) is 3.63. The second-order valence-electron chi connectivity index (χ2n) is 7.04. The van der Waals surface area contributed by atoms with Crippen molar-refractivity contribution in [2.24, 2.45) is 10.9 Å². The summed E-state index contributed by atoms with van der Waals surface area (Å²) < 4.78 is 32.9. The van der Waals surface area contributed by atoms with Crippen LogP contribution in [0.5, 0.6) is 0 Å². The Morgan fingerprint density at radius 3 is 2.72 bits per heavy atom. The number of hydrogen-bond donors (Lipinski definition) is 1. The fourth-order valence-corrected chi connectivity index (χ4v) is 3.46. The van der Waals surface area contributed by atoms with Crippen molar-refractivity contribution >= 4 is 29.9 Å². The zero-order chi connectivity index (χ0) is 19.8. The van der Waals surface area contributed by atoms with Crippen LogP contribution in [0.2, 0.25) is 0 Å². The van der Waals surface area contributed by atoms with Crippen molar-refractivity contribution in [3.05, 3.63) is 71.3 Å². The summed E-state index contributed by atoms with van der Waals surface area (Å²) in [7, 11) is 1.74. The van der Waals surface area contributed by atoms with E-state index in [2.05, 4.69) is 27.3 Å². The van der Waals surface area contributed by atoms with Crippen LogP contribution in [0.4, 0.5) is 8.78 Å². The van der Waals surface area contributed by atoms with Crippen molar-refractivity contribution in [2.75, 3.05) is 33.3 Å². The fourth-order valence-electron chi connectivity index (χ4n) is 3.46. The van der Waals surface area contributed by atoms with E-state index in [0.29, 0.717) is 31.1 Å². The van der Waals surface area contributed by atoms with Gasteiger partial charge in [0, 0.05) is 32.6 Å². The maximum absolute atomic E-state index is 13.7. The molecule has 1 aliphatic heterocycles. The van der Waals surface area contributed by atoms with Crippen LogP contribution in [0.3, 0.4) is 0 Å². The quantitative estimate of drug-likeness (QED) is 0.341. The van der Waals surface area contributed by atoms with Crippen molar-refractivity contribution in [1.82, 2.24) is 10.2 Å². The average molecular weight is 515 g/mol. The van der Waals surface area contributed by atoms with Gasteiger partial charge >= 0.3 is 0 Å². The largest absolute Gasteiger partial charge is 0.376 e. The molecule has 0 bridgehead atoms. The van der Waals surface area contributed by atoms with E-state index < -0.39 is 11.6 Å². The van der Waals surface area contributed by atoms with Gasteiger partial charge in [-0.1, -0.05) is 42.5 Å². The number of likely N-dealkylation sites (tertiary alicyclic amines) is 1. The van der Waals surface area contributed by atoms with Gasteiger partial charge < -0.3 is 15.0 Å². The molecule has 0 radical (unpaired) electrons. The smallest absolute Gasteiger partial charge is 0.193 e. The van der Waals surface area contributed by atoms with E-state index in [1.807, 2.05) is 18.2 Å². The van der Waals surface area contributed by atoms with Crippen molar-refractivity contribution in [3.8, 4) is 0 Å². The second kappa shape index (κ2) is 12.1. The minimum absolute atomic E-state index is 0. The Bertz CT molecular complexity index is 789. The highest BCUT2D eigenvalue weighted by atomic mass is 127. The van der Waals surface area contributed by atoms with Gasteiger partial charge in [0.15, 0.2) is 17.6 Å². The Morgan fingerprint density at radius 2 is 1.97 bits per heavy atom. The van der Waals surface area contributed by atoms with Crippen molar-refractivity contribution in [2.45, 2.75) is 19.4 Å².